The third-order valence-electron chi connectivity index (χ3n) is 7.14. The summed E-state index contributed by atoms with van der Waals surface area (Å²) in [6.45, 7) is 8.12. The van der Waals surface area contributed by atoms with Crippen molar-refractivity contribution in [3.8, 4) is 11.3 Å². The second-order valence-corrected chi connectivity index (χ2v) is 9.50. The summed E-state index contributed by atoms with van der Waals surface area (Å²) < 4.78 is 5.60. The number of pyridine rings is 1. The van der Waals surface area contributed by atoms with Gasteiger partial charge in [-0.05, 0) is 39.7 Å². The van der Waals surface area contributed by atoms with Crippen molar-refractivity contribution in [1.29, 1.82) is 0 Å². The second-order valence-electron chi connectivity index (χ2n) is 9.50. The first-order valence-electron chi connectivity index (χ1n) is 12.6. The first-order chi connectivity index (χ1) is 18.0. The Balaban J connectivity index is 1.29. The van der Waals surface area contributed by atoms with E-state index in [4.69, 9.17) is 4.52 Å². The number of anilines is 1. The Morgan fingerprint density at radius 3 is 2.68 bits per heavy atom. The fraction of sp³-hybridized carbons (Fsp3) is 0.333. The summed E-state index contributed by atoms with van der Waals surface area (Å²) in [5.41, 5.74) is 5.89. The molecule has 10 heteroatoms. The van der Waals surface area contributed by atoms with Crippen LogP contribution >= 0.6 is 0 Å². The summed E-state index contributed by atoms with van der Waals surface area (Å²) >= 11 is 0. The number of imidazole rings is 1. The molecule has 188 valence electrons. The highest BCUT2D eigenvalue weighted by Gasteiger charge is 2.31. The Bertz CT molecular complexity index is 1580. The Kier molecular flexibility index (Phi) is 5.78. The van der Waals surface area contributed by atoms with Crippen LogP contribution in [0, 0.1) is 13.8 Å². The Morgan fingerprint density at radius 1 is 1.14 bits per heavy atom. The molecule has 1 N–H and O–H groups in total. The lowest BCUT2D eigenvalue weighted by atomic mass is 9.99. The average molecular weight is 497 g/mol. The molecule has 0 saturated carbocycles. The van der Waals surface area contributed by atoms with Gasteiger partial charge in [0.05, 0.1) is 17.3 Å². The van der Waals surface area contributed by atoms with Crippen LogP contribution in [-0.4, -0.2) is 66.6 Å². The smallest absolute Gasteiger partial charge is 0.259 e. The molecule has 5 heterocycles. The maximum atomic E-state index is 14.0. The molecular formula is C27H28N8O2. The molecule has 37 heavy (non-hydrogen) atoms. The van der Waals surface area contributed by atoms with Crippen molar-refractivity contribution in [2.75, 3.05) is 24.5 Å². The van der Waals surface area contributed by atoms with Crippen molar-refractivity contribution >= 4 is 34.0 Å². The lowest BCUT2D eigenvalue weighted by Crippen LogP contribution is -2.47. The van der Waals surface area contributed by atoms with E-state index in [1.165, 1.54) is 0 Å². The van der Waals surface area contributed by atoms with E-state index in [1.807, 2.05) is 56.0 Å². The van der Waals surface area contributed by atoms with Gasteiger partial charge in [0, 0.05) is 36.9 Å². The monoisotopic (exact) mass is 496 g/mol. The Morgan fingerprint density at radius 2 is 1.92 bits per heavy atom. The van der Waals surface area contributed by atoms with Crippen molar-refractivity contribution in [3.05, 3.63) is 59.8 Å². The van der Waals surface area contributed by atoms with E-state index in [0.29, 0.717) is 34.5 Å². The average Bonchev–Trinajstić information content (AvgIpc) is 3.57. The summed E-state index contributed by atoms with van der Waals surface area (Å²) in [5.74, 6) is 0.833. The fourth-order valence-electron chi connectivity index (χ4n) is 5.25. The third kappa shape index (κ3) is 4.08. The minimum absolute atomic E-state index is 0.0222. The number of aromatic nitrogens is 6. The molecule has 0 aliphatic carbocycles. The summed E-state index contributed by atoms with van der Waals surface area (Å²) in [5, 5.41) is 4.97. The zero-order chi connectivity index (χ0) is 25.5. The van der Waals surface area contributed by atoms with Crippen molar-refractivity contribution in [3.63, 3.8) is 0 Å². The number of piperidine rings is 1. The minimum Gasteiger partial charge on any atom is -0.355 e. The number of fused-ring (bicyclic) bond motifs is 2. The van der Waals surface area contributed by atoms with Crippen LogP contribution in [0.2, 0.25) is 0 Å². The van der Waals surface area contributed by atoms with Gasteiger partial charge < -0.3 is 19.3 Å². The Labute approximate surface area is 213 Å². The predicted molar refractivity (Wildman–Crippen MR) is 140 cm³/mol. The number of aromatic amines is 1. The van der Waals surface area contributed by atoms with E-state index in [9.17, 15) is 4.79 Å². The zero-order valence-electron chi connectivity index (χ0n) is 21.1. The number of carbonyl (C=O) groups excluding carboxylic acids is 1. The molecule has 6 rings (SSSR count). The quantitative estimate of drug-likeness (QED) is 0.383. The number of amides is 1. The van der Waals surface area contributed by atoms with Crippen molar-refractivity contribution < 1.29 is 9.32 Å². The van der Waals surface area contributed by atoms with Gasteiger partial charge in [-0.2, -0.15) is 0 Å². The number of benzene rings is 1. The van der Waals surface area contributed by atoms with Gasteiger partial charge >= 0.3 is 0 Å². The number of nitrogens with one attached hydrogen (secondary N) is 1. The maximum absolute atomic E-state index is 14.0. The van der Waals surface area contributed by atoms with Crippen molar-refractivity contribution in [2.24, 2.45) is 0 Å². The number of carbonyl (C=O) groups is 1. The normalized spacial score (nSPS) is 14.5. The van der Waals surface area contributed by atoms with Crippen LogP contribution in [0.15, 0.2) is 47.5 Å². The van der Waals surface area contributed by atoms with Gasteiger partial charge in [-0.15, -0.1) is 0 Å². The lowest BCUT2D eigenvalue weighted by Gasteiger charge is -2.38. The van der Waals surface area contributed by atoms with Gasteiger partial charge in [0.2, 0.25) is 0 Å². The molecule has 1 aliphatic rings. The molecule has 4 aromatic heterocycles. The van der Waals surface area contributed by atoms with Crippen LogP contribution in [0.1, 0.15) is 41.4 Å². The first-order valence-corrected chi connectivity index (χ1v) is 12.6. The minimum atomic E-state index is -0.0222. The highest BCUT2D eigenvalue weighted by Crippen LogP contribution is 2.32. The summed E-state index contributed by atoms with van der Waals surface area (Å²) in [6.07, 6.45) is 4.86. The van der Waals surface area contributed by atoms with Crippen LogP contribution in [0.3, 0.4) is 0 Å². The number of hydrogen-bond donors (Lipinski definition) is 1. The number of aryl methyl sites for hydroxylation is 2. The van der Waals surface area contributed by atoms with Crippen LogP contribution in [-0.2, 0) is 0 Å². The molecule has 0 bridgehead atoms. The van der Waals surface area contributed by atoms with E-state index in [2.05, 4.69) is 35.0 Å². The molecule has 1 fully saturated rings. The summed E-state index contributed by atoms with van der Waals surface area (Å²) in [4.78, 5) is 38.9. The molecule has 0 spiro atoms. The number of hydrogen-bond acceptors (Lipinski definition) is 8. The van der Waals surface area contributed by atoms with Gasteiger partial charge in [-0.3, -0.25) is 4.79 Å². The largest absolute Gasteiger partial charge is 0.355 e. The molecule has 0 atom stereocenters. The fourth-order valence-corrected chi connectivity index (χ4v) is 5.25. The van der Waals surface area contributed by atoms with Crippen LogP contribution in [0.4, 0.5) is 5.82 Å². The summed E-state index contributed by atoms with van der Waals surface area (Å²) in [6, 6.07) is 10.0. The molecule has 1 saturated heterocycles. The number of nitrogens with zero attached hydrogens (tertiary/aromatic N) is 7. The van der Waals surface area contributed by atoms with Crippen molar-refractivity contribution in [1.82, 2.24) is 35.0 Å². The van der Waals surface area contributed by atoms with Gasteiger partial charge in [0.1, 0.15) is 17.5 Å². The lowest BCUT2D eigenvalue weighted by molar-refractivity contribution is 0.0665. The molecule has 0 radical (unpaired) electrons. The molecule has 10 nitrogen and oxygen atoms in total. The van der Waals surface area contributed by atoms with Crippen LogP contribution in [0.5, 0.6) is 0 Å². The number of rotatable bonds is 5. The molecule has 1 aromatic carbocycles. The van der Waals surface area contributed by atoms with Gasteiger partial charge in [-0.25, -0.2) is 19.9 Å². The molecule has 0 unspecified atom stereocenters. The molecule has 1 amide bonds. The highest BCUT2D eigenvalue weighted by atomic mass is 16.5. The SMILES string of the molecule is CCN(C(=O)c1cc(C)nc2onc(-c3ccc(C)cc3)c12)C1CCN(c2ncnc3nc[nH]c23)CC1. The van der Waals surface area contributed by atoms with E-state index in [1.54, 1.807) is 12.7 Å². The summed E-state index contributed by atoms with van der Waals surface area (Å²) in [7, 11) is 0. The molecule has 1 aliphatic heterocycles. The van der Waals surface area contributed by atoms with Gasteiger partial charge in [0.25, 0.3) is 11.6 Å². The van der Waals surface area contributed by atoms with E-state index in [-0.39, 0.29) is 11.9 Å². The van der Waals surface area contributed by atoms with E-state index < -0.39 is 0 Å². The van der Waals surface area contributed by atoms with Gasteiger partial charge in [-0.1, -0.05) is 35.0 Å². The van der Waals surface area contributed by atoms with Gasteiger partial charge in [0.15, 0.2) is 11.5 Å². The van der Waals surface area contributed by atoms with Crippen LogP contribution < -0.4 is 4.90 Å². The van der Waals surface area contributed by atoms with Crippen LogP contribution in [0.25, 0.3) is 33.5 Å². The zero-order valence-corrected chi connectivity index (χ0v) is 21.1. The maximum Gasteiger partial charge on any atom is 0.259 e. The molecular weight excluding hydrogens is 468 g/mol. The molecule has 5 aromatic rings. The highest BCUT2D eigenvalue weighted by molar-refractivity contribution is 6.09. The van der Waals surface area contributed by atoms with E-state index in [0.717, 1.165) is 54.1 Å². The second kappa shape index (κ2) is 9.27. The number of H-pyrrole nitrogens is 1. The topological polar surface area (TPSA) is 117 Å². The van der Waals surface area contributed by atoms with E-state index >= 15 is 0 Å². The standard InChI is InChI=1S/C27H28N8O2/c1-4-35(19-9-11-34(12-10-19)25-23-24(29-14-28-23)30-15-31-25)27(36)20-13-17(3)32-26-21(20)22(33-37-26)18-7-5-16(2)6-8-18/h5-8,13-15,19H,4,9-12H2,1-3H3,(H,28,29,30,31). The van der Waals surface area contributed by atoms with Crippen molar-refractivity contribution in [2.45, 2.75) is 39.7 Å². The Hall–Kier alpha value is -4.34. The third-order valence-corrected chi connectivity index (χ3v) is 7.14. The predicted octanol–water partition coefficient (Wildman–Crippen LogP) is 4.30. The first kappa shape index (κ1) is 23.1.